The van der Waals surface area contributed by atoms with E-state index in [-0.39, 0.29) is 5.91 Å². The van der Waals surface area contributed by atoms with Gasteiger partial charge in [0.1, 0.15) is 0 Å². The Morgan fingerprint density at radius 3 is 2.50 bits per heavy atom. The van der Waals surface area contributed by atoms with Gasteiger partial charge in [-0.25, -0.2) is 9.75 Å². The first kappa shape index (κ1) is 14.2. The fourth-order valence-electron chi connectivity index (χ4n) is 1.86. The van der Waals surface area contributed by atoms with Gasteiger partial charge in [-0.15, -0.1) is 0 Å². The van der Waals surface area contributed by atoms with Crippen molar-refractivity contribution in [2.45, 2.75) is 6.10 Å². The van der Waals surface area contributed by atoms with E-state index in [0.717, 1.165) is 16.3 Å². The molecule has 0 saturated carbocycles. The van der Waals surface area contributed by atoms with Crippen LogP contribution in [0.1, 0.15) is 11.7 Å². The monoisotopic (exact) mass is 275 g/mol. The first-order valence-electron chi connectivity index (χ1n) is 6.12. The fraction of sp³-hybridized carbons (Fsp3) is 0.286. The van der Waals surface area contributed by atoms with Crippen molar-refractivity contribution in [3.8, 4) is 5.69 Å². The van der Waals surface area contributed by atoms with Crippen LogP contribution in [0.4, 0.5) is 0 Å². The van der Waals surface area contributed by atoms with Crippen LogP contribution in [0.25, 0.3) is 5.69 Å². The lowest BCUT2D eigenvalue weighted by Gasteiger charge is -2.21. The number of rotatable bonds is 5. The molecule has 0 fully saturated rings. The van der Waals surface area contributed by atoms with Gasteiger partial charge in [0.05, 0.1) is 12.8 Å². The third-order valence-corrected chi connectivity index (χ3v) is 3.01. The number of carbonyl (C=O) groups is 1. The van der Waals surface area contributed by atoms with Crippen molar-refractivity contribution >= 4 is 5.91 Å². The predicted octanol–water partition coefficient (Wildman–Crippen LogP) is 1.58. The normalized spacial score (nSPS) is 12.2. The standard InChI is InChI=1S/C14H17N3O3/c1-16(20-3)14(18)13(19-2)11-5-7-12(8-6-11)17-10-4-9-15-17/h4-10,13H,1-3H3. The SMILES string of the molecule is COC(C(=O)N(C)OC)c1ccc(-n2cccn2)cc1. The number of hydrogen-bond acceptors (Lipinski definition) is 4. The summed E-state index contributed by atoms with van der Waals surface area (Å²) in [6.07, 6.45) is 2.88. The molecule has 0 aliphatic heterocycles. The van der Waals surface area contributed by atoms with Gasteiger partial charge in [-0.05, 0) is 23.8 Å². The molecule has 0 saturated heterocycles. The Morgan fingerprint density at radius 2 is 2.00 bits per heavy atom. The quantitative estimate of drug-likeness (QED) is 0.777. The number of ether oxygens (including phenoxy) is 1. The number of amides is 1. The number of aromatic nitrogens is 2. The Kier molecular flexibility index (Phi) is 4.49. The second-order valence-electron chi connectivity index (χ2n) is 4.18. The summed E-state index contributed by atoms with van der Waals surface area (Å²) >= 11 is 0. The Morgan fingerprint density at radius 1 is 1.30 bits per heavy atom. The molecule has 1 aromatic carbocycles. The minimum atomic E-state index is -0.688. The molecule has 0 spiro atoms. The van der Waals surface area contributed by atoms with Gasteiger partial charge < -0.3 is 4.74 Å². The molecule has 2 rings (SSSR count). The zero-order valence-corrected chi connectivity index (χ0v) is 11.7. The highest BCUT2D eigenvalue weighted by Gasteiger charge is 2.23. The van der Waals surface area contributed by atoms with E-state index < -0.39 is 6.10 Å². The van der Waals surface area contributed by atoms with Crippen LogP contribution < -0.4 is 0 Å². The first-order chi connectivity index (χ1) is 9.67. The third-order valence-electron chi connectivity index (χ3n) is 3.01. The van der Waals surface area contributed by atoms with Crippen molar-refractivity contribution in [3.63, 3.8) is 0 Å². The van der Waals surface area contributed by atoms with Crippen LogP contribution in [-0.4, -0.2) is 42.0 Å². The molecule has 106 valence electrons. The Bertz CT molecular complexity index is 552. The summed E-state index contributed by atoms with van der Waals surface area (Å²) in [6.45, 7) is 0. The van der Waals surface area contributed by atoms with Crippen molar-refractivity contribution in [2.75, 3.05) is 21.3 Å². The first-order valence-corrected chi connectivity index (χ1v) is 6.12. The van der Waals surface area contributed by atoms with Gasteiger partial charge in [-0.1, -0.05) is 12.1 Å². The molecule has 0 aliphatic rings. The average Bonchev–Trinajstić information content (AvgIpc) is 3.02. The maximum Gasteiger partial charge on any atom is 0.279 e. The smallest absolute Gasteiger partial charge is 0.279 e. The van der Waals surface area contributed by atoms with Crippen molar-refractivity contribution < 1.29 is 14.4 Å². The largest absolute Gasteiger partial charge is 0.367 e. The summed E-state index contributed by atoms with van der Waals surface area (Å²) in [4.78, 5) is 17.0. The predicted molar refractivity (Wildman–Crippen MR) is 73.1 cm³/mol. The van der Waals surface area contributed by atoms with Gasteiger partial charge in [-0.3, -0.25) is 9.63 Å². The van der Waals surface area contributed by atoms with Gasteiger partial charge in [-0.2, -0.15) is 5.10 Å². The number of nitrogens with zero attached hydrogens (tertiary/aromatic N) is 3. The maximum absolute atomic E-state index is 12.1. The van der Waals surface area contributed by atoms with Crippen LogP contribution in [0.3, 0.4) is 0 Å². The zero-order chi connectivity index (χ0) is 14.5. The lowest BCUT2D eigenvalue weighted by Crippen LogP contribution is -2.31. The molecule has 0 aliphatic carbocycles. The maximum atomic E-state index is 12.1. The Labute approximate surface area is 117 Å². The summed E-state index contributed by atoms with van der Waals surface area (Å²) in [7, 11) is 4.48. The molecule has 1 atom stereocenters. The Hall–Kier alpha value is -2.18. The van der Waals surface area contributed by atoms with Crippen molar-refractivity contribution in [1.29, 1.82) is 0 Å². The van der Waals surface area contributed by atoms with E-state index in [1.54, 1.807) is 17.9 Å². The third kappa shape index (κ3) is 2.87. The molecule has 2 aromatic rings. The van der Waals surface area contributed by atoms with Gasteiger partial charge in [0.2, 0.25) is 0 Å². The zero-order valence-electron chi connectivity index (χ0n) is 11.7. The number of methoxy groups -OCH3 is 1. The van der Waals surface area contributed by atoms with E-state index in [4.69, 9.17) is 9.57 Å². The van der Waals surface area contributed by atoms with E-state index in [1.165, 1.54) is 14.2 Å². The van der Waals surface area contributed by atoms with Crippen molar-refractivity contribution in [1.82, 2.24) is 14.8 Å². The summed E-state index contributed by atoms with van der Waals surface area (Å²) in [5.41, 5.74) is 1.68. The molecule has 6 heteroatoms. The van der Waals surface area contributed by atoms with E-state index in [0.29, 0.717) is 0 Å². The summed E-state index contributed by atoms with van der Waals surface area (Å²) < 4.78 is 7.00. The van der Waals surface area contributed by atoms with E-state index in [9.17, 15) is 4.79 Å². The van der Waals surface area contributed by atoms with Gasteiger partial charge in [0, 0.05) is 26.6 Å². The van der Waals surface area contributed by atoms with Gasteiger partial charge in [0.25, 0.3) is 5.91 Å². The summed E-state index contributed by atoms with van der Waals surface area (Å²) in [5.74, 6) is -0.262. The van der Waals surface area contributed by atoms with Crippen molar-refractivity contribution in [2.24, 2.45) is 0 Å². The van der Waals surface area contributed by atoms with E-state index in [1.807, 2.05) is 36.5 Å². The second kappa shape index (κ2) is 6.31. The minimum absolute atomic E-state index is 0.262. The molecule has 6 nitrogen and oxygen atoms in total. The van der Waals surface area contributed by atoms with E-state index in [2.05, 4.69) is 5.10 Å². The highest BCUT2D eigenvalue weighted by atomic mass is 16.7. The topological polar surface area (TPSA) is 56.6 Å². The molecule has 1 amide bonds. The number of likely N-dealkylation sites (N-methyl/N-ethyl adjacent to an activating group) is 1. The fourth-order valence-corrected chi connectivity index (χ4v) is 1.86. The van der Waals surface area contributed by atoms with Crippen molar-refractivity contribution in [3.05, 3.63) is 48.3 Å². The molecule has 1 aromatic heterocycles. The summed E-state index contributed by atoms with van der Waals surface area (Å²) in [6, 6.07) is 9.30. The van der Waals surface area contributed by atoms with Crippen LogP contribution >= 0.6 is 0 Å². The molecule has 1 unspecified atom stereocenters. The molecule has 20 heavy (non-hydrogen) atoms. The lowest BCUT2D eigenvalue weighted by atomic mass is 10.1. The molecule has 1 heterocycles. The molecular formula is C14H17N3O3. The summed E-state index contributed by atoms with van der Waals surface area (Å²) in [5, 5.41) is 5.30. The van der Waals surface area contributed by atoms with Crippen LogP contribution in [-0.2, 0) is 14.4 Å². The van der Waals surface area contributed by atoms with E-state index >= 15 is 0 Å². The minimum Gasteiger partial charge on any atom is -0.367 e. The highest BCUT2D eigenvalue weighted by molar-refractivity contribution is 5.81. The molecular weight excluding hydrogens is 258 g/mol. The average molecular weight is 275 g/mol. The molecule has 0 bridgehead atoms. The second-order valence-corrected chi connectivity index (χ2v) is 4.18. The number of carbonyl (C=O) groups excluding carboxylic acids is 1. The lowest BCUT2D eigenvalue weighted by molar-refractivity contribution is -0.179. The highest BCUT2D eigenvalue weighted by Crippen LogP contribution is 2.20. The number of hydrogen-bond donors (Lipinski definition) is 0. The van der Waals surface area contributed by atoms with Gasteiger partial charge in [0.15, 0.2) is 6.10 Å². The van der Waals surface area contributed by atoms with Crippen LogP contribution in [0.5, 0.6) is 0 Å². The molecule has 0 radical (unpaired) electrons. The number of benzene rings is 1. The van der Waals surface area contributed by atoms with Gasteiger partial charge >= 0.3 is 0 Å². The number of hydroxylamine groups is 2. The Balaban J connectivity index is 2.21. The van der Waals surface area contributed by atoms with Crippen LogP contribution in [0, 0.1) is 0 Å². The van der Waals surface area contributed by atoms with Crippen LogP contribution in [0.2, 0.25) is 0 Å². The van der Waals surface area contributed by atoms with Crippen LogP contribution in [0.15, 0.2) is 42.7 Å². The molecule has 0 N–H and O–H groups in total.